The maximum atomic E-state index is 4.34. The van der Waals surface area contributed by atoms with Crippen molar-refractivity contribution in [2.24, 2.45) is 0 Å². The zero-order valence-electron chi connectivity index (χ0n) is 9.90. The summed E-state index contributed by atoms with van der Waals surface area (Å²) in [6.07, 6.45) is 1.92. The number of aryl methyl sites for hydroxylation is 1. The lowest BCUT2D eigenvalue weighted by Crippen LogP contribution is -2.17. The molecule has 1 aromatic carbocycles. The fourth-order valence-electron chi connectivity index (χ4n) is 1.59. The van der Waals surface area contributed by atoms with Crippen LogP contribution in [0.2, 0.25) is 0 Å². The molecule has 17 heavy (non-hydrogen) atoms. The van der Waals surface area contributed by atoms with E-state index >= 15 is 0 Å². The molecule has 1 heterocycles. The molecule has 1 atom stereocenters. The van der Waals surface area contributed by atoms with Gasteiger partial charge in [-0.2, -0.15) is 0 Å². The van der Waals surface area contributed by atoms with Crippen molar-refractivity contribution in [3.8, 4) is 0 Å². The molecule has 1 aromatic heterocycles. The maximum Gasteiger partial charge on any atom is 0.107 e. The molecule has 90 valence electrons. The molecule has 4 heteroatoms. The first kappa shape index (κ1) is 12.7. The van der Waals surface area contributed by atoms with Crippen LogP contribution in [0.3, 0.4) is 0 Å². The van der Waals surface area contributed by atoms with E-state index in [-0.39, 0.29) is 0 Å². The van der Waals surface area contributed by atoms with Crippen LogP contribution in [0, 0.1) is 6.92 Å². The summed E-state index contributed by atoms with van der Waals surface area (Å²) < 4.78 is 1.11. The molecule has 0 aliphatic rings. The monoisotopic (exact) mass is 310 g/mol. The highest BCUT2D eigenvalue weighted by Gasteiger charge is 2.05. The van der Waals surface area contributed by atoms with Crippen molar-refractivity contribution in [1.82, 2.24) is 10.3 Å². The smallest absolute Gasteiger partial charge is 0.107 e. The third-order valence-electron chi connectivity index (χ3n) is 2.60. The maximum absolute atomic E-state index is 4.34. The Morgan fingerprint density at radius 3 is 2.65 bits per heavy atom. The molecule has 0 radical (unpaired) electrons. The van der Waals surface area contributed by atoms with E-state index in [0.29, 0.717) is 6.04 Å². The molecule has 0 amide bonds. The average molecular weight is 311 g/mol. The molecule has 0 bridgehead atoms. The first-order valence-corrected chi connectivity index (χ1v) is 7.16. The van der Waals surface area contributed by atoms with Gasteiger partial charge in [0.05, 0.1) is 0 Å². The van der Waals surface area contributed by atoms with E-state index in [4.69, 9.17) is 0 Å². The molecule has 0 saturated heterocycles. The molecule has 0 fully saturated rings. The van der Waals surface area contributed by atoms with Gasteiger partial charge in [-0.3, -0.25) is 0 Å². The van der Waals surface area contributed by atoms with E-state index in [1.165, 1.54) is 10.4 Å². The minimum absolute atomic E-state index is 0.340. The second kappa shape index (κ2) is 5.76. The second-order valence-corrected chi connectivity index (χ2v) is 6.25. The predicted octanol–water partition coefficient (Wildman–Crippen LogP) is 4.06. The summed E-state index contributed by atoms with van der Waals surface area (Å²) in [6, 6.07) is 8.75. The summed E-state index contributed by atoms with van der Waals surface area (Å²) in [5, 5.41) is 4.63. The van der Waals surface area contributed by atoms with Crippen LogP contribution in [0.1, 0.15) is 28.4 Å². The van der Waals surface area contributed by atoms with E-state index in [9.17, 15) is 0 Å². The van der Waals surface area contributed by atoms with Gasteiger partial charge >= 0.3 is 0 Å². The van der Waals surface area contributed by atoms with Crippen LogP contribution in [-0.4, -0.2) is 4.98 Å². The van der Waals surface area contributed by atoms with Crippen molar-refractivity contribution < 1.29 is 0 Å². The quantitative estimate of drug-likeness (QED) is 0.921. The van der Waals surface area contributed by atoms with Gasteiger partial charge in [-0.1, -0.05) is 28.1 Å². The van der Waals surface area contributed by atoms with Gasteiger partial charge in [-0.05, 0) is 31.5 Å². The predicted molar refractivity (Wildman–Crippen MR) is 76.2 cm³/mol. The first-order valence-electron chi connectivity index (χ1n) is 5.55. The lowest BCUT2D eigenvalue weighted by Gasteiger charge is -2.13. The van der Waals surface area contributed by atoms with Gasteiger partial charge in [0, 0.05) is 28.1 Å². The summed E-state index contributed by atoms with van der Waals surface area (Å²) in [4.78, 5) is 5.61. The molecule has 2 nitrogen and oxygen atoms in total. The van der Waals surface area contributed by atoms with E-state index in [2.05, 4.69) is 64.3 Å². The summed E-state index contributed by atoms with van der Waals surface area (Å²) in [6.45, 7) is 5.08. The van der Waals surface area contributed by atoms with Gasteiger partial charge in [0.2, 0.25) is 0 Å². The zero-order chi connectivity index (χ0) is 12.3. The fraction of sp³-hybridized carbons (Fsp3) is 0.308. The number of nitrogens with one attached hydrogen (secondary N) is 1. The highest BCUT2D eigenvalue weighted by molar-refractivity contribution is 9.10. The molecular weight excluding hydrogens is 296 g/mol. The molecular formula is C13H15BrN2S. The molecule has 0 saturated carbocycles. The Bertz CT molecular complexity index is 478. The lowest BCUT2D eigenvalue weighted by molar-refractivity contribution is 0.573. The molecule has 0 spiro atoms. The number of hydrogen-bond acceptors (Lipinski definition) is 3. The van der Waals surface area contributed by atoms with Crippen LogP contribution in [0.15, 0.2) is 34.9 Å². The average Bonchev–Trinajstić information content (AvgIpc) is 2.73. The SMILES string of the molecule is Cc1cnc(CN[C@@H](C)c2ccc(Br)cc2)s1. The van der Waals surface area contributed by atoms with Crippen LogP contribution in [0.25, 0.3) is 0 Å². The number of hydrogen-bond donors (Lipinski definition) is 1. The van der Waals surface area contributed by atoms with E-state index in [0.717, 1.165) is 16.0 Å². The minimum atomic E-state index is 0.340. The van der Waals surface area contributed by atoms with Crippen molar-refractivity contribution in [2.75, 3.05) is 0 Å². The topological polar surface area (TPSA) is 24.9 Å². The van der Waals surface area contributed by atoms with Crippen LogP contribution in [0.5, 0.6) is 0 Å². The fourth-order valence-corrected chi connectivity index (χ4v) is 2.60. The summed E-state index contributed by atoms with van der Waals surface area (Å²) >= 11 is 5.19. The largest absolute Gasteiger partial charge is 0.304 e. The van der Waals surface area contributed by atoms with Gasteiger partial charge in [-0.25, -0.2) is 4.98 Å². The summed E-state index contributed by atoms with van der Waals surface area (Å²) in [5.74, 6) is 0. The molecule has 2 aromatic rings. The first-order chi connectivity index (χ1) is 8.15. The number of aromatic nitrogens is 1. The van der Waals surface area contributed by atoms with Gasteiger partial charge in [-0.15, -0.1) is 11.3 Å². The van der Waals surface area contributed by atoms with E-state index in [1.807, 2.05) is 6.20 Å². The van der Waals surface area contributed by atoms with Crippen LogP contribution < -0.4 is 5.32 Å². The lowest BCUT2D eigenvalue weighted by atomic mass is 10.1. The van der Waals surface area contributed by atoms with Crippen LogP contribution in [-0.2, 0) is 6.54 Å². The van der Waals surface area contributed by atoms with Gasteiger partial charge in [0.15, 0.2) is 0 Å². The van der Waals surface area contributed by atoms with Crippen LogP contribution in [0.4, 0.5) is 0 Å². The Balaban J connectivity index is 1.93. The van der Waals surface area contributed by atoms with Crippen molar-refractivity contribution >= 4 is 27.3 Å². The standard InChI is InChI=1S/C13H15BrN2S/c1-9-7-16-13(17-9)8-15-10(2)11-3-5-12(14)6-4-11/h3-7,10,15H,8H2,1-2H3/t10-/m0/s1. The van der Waals surface area contributed by atoms with Crippen LogP contribution >= 0.6 is 27.3 Å². The number of thiazole rings is 1. The second-order valence-electron chi connectivity index (χ2n) is 4.02. The Morgan fingerprint density at radius 2 is 2.06 bits per heavy atom. The molecule has 0 unspecified atom stereocenters. The highest BCUT2D eigenvalue weighted by atomic mass is 79.9. The Labute approximate surface area is 114 Å². The Morgan fingerprint density at radius 1 is 1.35 bits per heavy atom. The third kappa shape index (κ3) is 3.63. The van der Waals surface area contributed by atoms with E-state index in [1.54, 1.807) is 11.3 Å². The van der Waals surface area contributed by atoms with Gasteiger partial charge in [0.1, 0.15) is 5.01 Å². The van der Waals surface area contributed by atoms with Crippen molar-refractivity contribution in [1.29, 1.82) is 0 Å². The molecule has 2 rings (SSSR count). The minimum Gasteiger partial charge on any atom is -0.304 e. The number of nitrogens with zero attached hydrogens (tertiary/aromatic N) is 1. The van der Waals surface area contributed by atoms with Gasteiger partial charge < -0.3 is 5.32 Å². The summed E-state index contributed by atoms with van der Waals surface area (Å²) in [7, 11) is 0. The molecule has 1 N–H and O–H groups in total. The van der Waals surface area contributed by atoms with Crippen molar-refractivity contribution in [2.45, 2.75) is 26.4 Å². The summed E-state index contributed by atoms with van der Waals surface area (Å²) in [5.41, 5.74) is 1.29. The Kier molecular flexibility index (Phi) is 4.31. The molecule has 0 aliphatic heterocycles. The van der Waals surface area contributed by atoms with Crippen molar-refractivity contribution in [3.05, 3.63) is 50.4 Å². The van der Waals surface area contributed by atoms with Gasteiger partial charge in [0.25, 0.3) is 0 Å². The number of benzene rings is 1. The van der Waals surface area contributed by atoms with Crippen molar-refractivity contribution in [3.63, 3.8) is 0 Å². The highest BCUT2D eigenvalue weighted by Crippen LogP contribution is 2.18. The number of rotatable bonds is 4. The normalized spacial score (nSPS) is 12.6. The zero-order valence-corrected chi connectivity index (χ0v) is 12.3. The molecule has 0 aliphatic carbocycles. The van der Waals surface area contributed by atoms with E-state index < -0.39 is 0 Å². The number of halogens is 1. The Hall–Kier alpha value is -0.710. The third-order valence-corrected chi connectivity index (χ3v) is 4.04.